The number of aliphatic hydroxyl groups excluding tert-OH is 2. The summed E-state index contributed by atoms with van der Waals surface area (Å²) in [5.41, 5.74) is 19.3. The number of fused-ring (bicyclic) bond motifs is 4. The van der Waals surface area contributed by atoms with E-state index >= 15 is 28.8 Å². The van der Waals surface area contributed by atoms with Crippen LogP contribution in [0.15, 0.2) is 85.2 Å². The zero-order valence-corrected chi connectivity index (χ0v) is 73.8. The average molecular weight is 1800 g/mol. The van der Waals surface area contributed by atoms with Crippen molar-refractivity contribution in [3.05, 3.63) is 102 Å². The minimum absolute atomic E-state index is 0.00859. The highest BCUT2D eigenvalue weighted by Crippen LogP contribution is 2.27. The molecular formula is C85H120N22O20S. The first kappa shape index (κ1) is 100. The number of thioether (sulfide) groups is 1. The van der Waals surface area contributed by atoms with Crippen LogP contribution in [0.2, 0.25) is 0 Å². The number of benzene rings is 3. The van der Waals surface area contributed by atoms with Gasteiger partial charge in [-0.3, -0.25) is 86.9 Å². The molecule has 0 saturated carbocycles. The number of para-hydroxylation sites is 2. The van der Waals surface area contributed by atoms with Gasteiger partial charge in [-0.1, -0.05) is 82.1 Å². The van der Waals surface area contributed by atoms with E-state index in [2.05, 4.69) is 68.5 Å². The summed E-state index contributed by atoms with van der Waals surface area (Å²) >= 11 is 0.750. The van der Waals surface area contributed by atoms with E-state index in [9.17, 15) is 68.1 Å². The fourth-order valence-electron chi connectivity index (χ4n) is 15.5. The number of aromatic nitrogens is 2. The second-order valence-electron chi connectivity index (χ2n) is 32.7. The maximum Gasteiger partial charge on any atom is 0.246 e. The quantitative estimate of drug-likeness (QED) is 0.0178. The third-order valence-electron chi connectivity index (χ3n) is 22.9. The number of hydrogen-bond acceptors (Lipinski definition) is 22. The number of H-pyrrole nitrogens is 2. The largest absolute Gasteiger partial charge is 0.508 e. The van der Waals surface area contributed by atoms with Crippen LogP contribution in [0.3, 0.4) is 0 Å². The minimum Gasteiger partial charge on any atom is -0.508 e. The van der Waals surface area contributed by atoms with Crippen LogP contribution in [0.5, 0.6) is 5.75 Å². The fourth-order valence-corrected chi connectivity index (χ4v) is 16.4. The van der Waals surface area contributed by atoms with E-state index < -0.39 is 229 Å². The molecule has 5 heterocycles. The molecule has 0 radical (unpaired) electrons. The number of likely N-dealkylation sites (N-methyl/N-ethyl adjacent to an activating group) is 3. The van der Waals surface area contributed by atoms with Crippen LogP contribution in [0.1, 0.15) is 122 Å². The smallest absolute Gasteiger partial charge is 0.246 e. The van der Waals surface area contributed by atoms with E-state index in [-0.39, 0.29) is 102 Å². The third kappa shape index (κ3) is 27.5. The third-order valence-corrected chi connectivity index (χ3v) is 23.9. The Bertz CT molecular complexity index is 4850. The molecule has 14 atom stereocenters. The number of unbranched alkanes of at least 4 members (excludes halogenated alkanes) is 1. The molecule has 23 N–H and O–H groups in total. The number of nitrogens with zero attached hydrogens (tertiary/aromatic N) is 5. The van der Waals surface area contributed by atoms with Gasteiger partial charge in [0.25, 0.3) is 0 Å². The maximum absolute atomic E-state index is 15.5. The molecule has 3 fully saturated rings. The number of aliphatic hydroxyl groups is 2. The number of amides is 17. The van der Waals surface area contributed by atoms with E-state index in [1.54, 1.807) is 74.8 Å². The number of phenolic OH excluding ortho intramolecular Hbond substituents is 1. The van der Waals surface area contributed by atoms with Gasteiger partial charge in [-0.25, -0.2) is 0 Å². The van der Waals surface area contributed by atoms with Crippen LogP contribution in [0, 0.1) is 11.3 Å². The second kappa shape index (κ2) is 47.6. The zero-order chi connectivity index (χ0) is 93.9. The number of hydrogen-bond donors (Lipinski definition) is 20. The summed E-state index contributed by atoms with van der Waals surface area (Å²) < 4.78 is 0. The molecule has 43 heteroatoms. The Kier molecular flexibility index (Phi) is 37.4. The summed E-state index contributed by atoms with van der Waals surface area (Å²) in [7, 11) is 3.81. The monoisotopic (exact) mass is 1800 g/mol. The van der Waals surface area contributed by atoms with Gasteiger partial charge in [-0.15, -0.1) is 11.8 Å². The van der Waals surface area contributed by atoms with Crippen molar-refractivity contribution in [2.75, 3.05) is 72.0 Å². The van der Waals surface area contributed by atoms with Crippen molar-refractivity contribution >= 4 is 140 Å². The number of primary amides is 2. The fraction of sp³-hybridized carbons (Fsp3) is 0.529. The summed E-state index contributed by atoms with van der Waals surface area (Å²) in [5, 5.41) is 69.5. The number of aromatic hydroxyl groups is 1. The van der Waals surface area contributed by atoms with Crippen LogP contribution in [-0.4, -0.2) is 313 Å². The van der Waals surface area contributed by atoms with Gasteiger partial charge in [0.1, 0.15) is 90.3 Å². The van der Waals surface area contributed by atoms with Crippen molar-refractivity contribution in [3.8, 4) is 5.75 Å². The molecule has 0 spiro atoms. The Morgan fingerprint density at radius 1 is 0.516 bits per heavy atom. The van der Waals surface area contributed by atoms with Crippen molar-refractivity contribution in [1.29, 1.82) is 5.41 Å². The number of aromatic amines is 2. The van der Waals surface area contributed by atoms with Crippen LogP contribution in [0.25, 0.3) is 21.8 Å². The van der Waals surface area contributed by atoms with Crippen molar-refractivity contribution in [2.45, 2.75) is 209 Å². The van der Waals surface area contributed by atoms with Gasteiger partial charge in [-0.2, -0.15) is 0 Å². The number of phenols is 1. The molecule has 8 rings (SSSR count). The van der Waals surface area contributed by atoms with Crippen LogP contribution < -0.4 is 75.7 Å². The number of carbonyl (C=O) groups excluding carboxylic acids is 17. The zero-order valence-electron chi connectivity index (χ0n) is 73.0. The summed E-state index contributed by atoms with van der Waals surface area (Å²) in [4.78, 5) is 258. The lowest BCUT2D eigenvalue weighted by atomic mass is 10.0. The summed E-state index contributed by atoms with van der Waals surface area (Å²) in [6.45, 7) is 4.91. The first-order valence-electron chi connectivity index (χ1n) is 42.6. The summed E-state index contributed by atoms with van der Waals surface area (Å²) in [6, 6.07) is -2.03. The lowest BCUT2D eigenvalue weighted by Crippen LogP contribution is -2.61. The summed E-state index contributed by atoms with van der Waals surface area (Å²) in [5.74, 6) is -18.0. The molecule has 3 aliphatic heterocycles. The number of guanidine groups is 1. The molecule has 0 bridgehead atoms. The number of nitrogens with one attached hydrogen (secondary N) is 14. The van der Waals surface area contributed by atoms with Gasteiger partial charge in [0, 0.05) is 100.0 Å². The Hall–Kier alpha value is -12.9. The molecule has 3 aromatic carbocycles. The van der Waals surface area contributed by atoms with Crippen molar-refractivity contribution in [3.63, 3.8) is 0 Å². The first-order chi connectivity index (χ1) is 60.8. The Labute approximate surface area is 743 Å². The van der Waals surface area contributed by atoms with E-state index in [1.807, 2.05) is 6.92 Å². The van der Waals surface area contributed by atoms with Gasteiger partial charge in [0.15, 0.2) is 5.96 Å². The van der Waals surface area contributed by atoms with Gasteiger partial charge in [0.05, 0.1) is 31.9 Å². The highest BCUT2D eigenvalue weighted by molar-refractivity contribution is 8.00. The number of rotatable bonds is 22. The summed E-state index contributed by atoms with van der Waals surface area (Å²) in [6.07, 6.45) is 2.65. The molecule has 5 aromatic rings. The molecule has 0 aliphatic carbocycles. The lowest BCUT2D eigenvalue weighted by molar-refractivity contribution is -0.149. The molecular weight excluding hydrogens is 1680 g/mol. The first-order valence-corrected chi connectivity index (χ1v) is 43.7. The van der Waals surface area contributed by atoms with Gasteiger partial charge < -0.3 is 125 Å². The van der Waals surface area contributed by atoms with Crippen molar-refractivity contribution in [1.82, 2.24) is 93.0 Å². The SMILES string of the molecule is CCCC[C@H]1C(=O)N(C)[C@@H](C)C(=O)N[C@@H](CCCNC(=N)N)C(=O)NC(C(=O)NCC(N)=O)CSCC(=O)N[C@@H](Cc2ccc(O)cc2)C(=O)N(C)[C@@H](C)C(=O)N[C@@H](CC(N)=O)C(=O)N2CCC[C@H]2C(=O)N[C@@H](CO)C(=O)NC(CC(C)C)C(=O)N2CCC[C@H]2C(=O)N[C@@H](Cc2c[nH]c3ccccc23)C(=O)N[C@@H](CO)C(=O)N[C@@H](Cc2c[nH]c3ccccc23)C(=O)N1C. The van der Waals surface area contributed by atoms with Crippen LogP contribution >= 0.6 is 11.8 Å². The van der Waals surface area contributed by atoms with Crippen LogP contribution in [0.4, 0.5) is 0 Å². The van der Waals surface area contributed by atoms with Crippen LogP contribution in [-0.2, 0) is 101 Å². The van der Waals surface area contributed by atoms with Crippen molar-refractivity contribution in [2.24, 2.45) is 23.1 Å². The van der Waals surface area contributed by atoms with E-state index in [1.165, 1.54) is 64.2 Å². The number of nitrogens with two attached hydrogens (primary N) is 3. The highest BCUT2D eigenvalue weighted by atomic mass is 32.2. The standard InChI is InChI=1S/C85H120N22O20S/c1-9-10-23-67-84(127)104(7)47(5)71(114)95-56(22-15-30-90-85(88)89)74(117)102-64(73(116)93-40-69(87)112)43-128-44-70(113)94-59(34-48-26-28-51(110)29-27-48)80(123)103(6)46(4)72(115)97-61(37-68(86)111)83(126)107-32-17-25-66(107)79(122)101-63(42-109)77(120)98-58(33-45(2)3)82(125)106-31-16-24-65(106)78(121)96-57(35-49-38-91-54-20-13-11-18-52(49)54)75(118)100-62(41-108)76(119)99-60(81(124)105(67)8)36-50-39-92-55-21-14-12-19-53(50)55/h11-14,18-21,26-29,38-39,45-47,56-67,91-92,108-110H,9-10,15-17,22-25,30-37,40-44H2,1-8H3,(H2,86,111)(H2,87,112)(H,93,116)(H,94,113)(H,95,114)(H,96,121)(H,97,115)(H,98,120)(H,99,119)(H,100,118)(H,101,122)(H,102,117)(H4,88,89,90)/t46-,47-,56-,57-,58?,59-,60-,61-,62-,63-,64?,65-,66-,67-/m0/s1. The highest BCUT2D eigenvalue weighted by Gasteiger charge is 2.45. The van der Waals surface area contributed by atoms with E-state index in [0.29, 0.717) is 51.3 Å². The molecule has 17 amide bonds. The molecule has 2 aromatic heterocycles. The van der Waals surface area contributed by atoms with E-state index in [0.717, 1.165) is 31.4 Å². The molecule has 2 unspecified atom stereocenters. The molecule has 3 aliphatic rings. The maximum atomic E-state index is 15.5. The lowest BCUT2D eigenvalue weighted by Gasteiger charge is -2.35. The van der Waals surface area contributed by atoms with Crippen molar-refractivity contribution < 1.29 is 96.8 Å². The Morgan fingerprint density at radius 3 is 1.52 bits per heavy atom. The van der Waals surface area contributed by atoms with Gasteiger partial charge >= 0.3 is 0 Å². The predicted molar refractivity (Wildman–Crippen MR) is 469 cm³/mol. The van der Waals surface area contributed by atoms with Gasteiger partial charge in [0.2, 0.25) is 100 Å². The molecule has 696 valence electrons. The molecule has 42 nitrogen and oxygen atoms in total. The second-order valence-corrected chi connectivity index (χ2v) is 33.7. The van der Waals surface area contributed by atoms with E-state index in [4.69, 9.17) is 22.6 Å². The molecule has 128 heavy (non-hydrogen) atoms. The molecule has 3 saturated heterocycles. The Morgan fingerprint density at radius 2 is 0.984 bits per heavy atom. The predicted octanol–water partition coefficient (Wildman–Crippen LogP) is -4.04. The average Bonchev–Trinajstić information content (AvgIpc) is 1.61. The normalized spacial score (nSPS) is 24.9. The number of carbonyl (C=O) groups is 17. The Balaban J connectivity index is 1.16. The minimum atomic E-state index is -1.85. The van der Waals surface area contributed by atoms with Gasteiger partial charge in [-0.05, 0) is 112 Å². The topological polar surface area (TPSA) is 633 Å².